The van der Waals surface area contributed by atoms with Gasteiger partial charge in [-0.2, -0.15) is 0 Å². The smallest absolute Gasteiger partial charge is 0.311 e. The molecule has 8 heteroatoms. The summed E-state index contributed by atoms with van der Waals surface area (Å²) in [6.07, 6.45) is 9.03. The number of rotatable bonds is 6. The van der Waals surface area contributed by atoms with Crippen molar-refractivity contribution in [2.24, 2.45) is 13.0 Å². The van der Waals surface area contributed by atoms with Crippen LogP contribution in [0.5, 0.6) is 0 Å². The molecule has 7 nitrogen and oxygen atoms in total. The fraction of sp³-hybridized carbons (Fsp3) is 0.455. The van der Waals surface area contributed by atoms with Gasteiger partial charge in [0.05, 0.1) is 12.1 Å². The molecule has 30 heavy (non-hydrogen) atoms. The van der Waals surface area contributed by atoms with Crippen LogP contribution in [-0.2, 0) is 20.1 Å². The first kappa shape index (κ1) is 19.5. The molecule has 0 bridgehead atoms. The minimum Gasteiger partial charge on any atom is -0.311 e. The molecular formula is C22H26BrN6O+. The molecule has 1 aliphatic carbocycles. The molecule has 0 amide bonds. The highest BCUT2D eigenvalue weighted by atomic mass is 79.9. The Hall–Kier alpha value is -2.48. The van der Waals surface area contributed by atoms with Crippen LogP contribution >= 0.6 is 15.9 Å². The predicted molar refractivity (Wildman–Crippen MR) is 119 cm³/mol. The Morgan fingerprint density at radius 3 is 2.80 bits per heavy atom. The van der Waals surface area contributed by atoms with Crippen LogP contribution in [0.3, 0.4) is 0 Å². The van der Waals surface area contributed by atoms with E-state index in [0.29, 0.717) is 18.5 Å². The van der Waals surface area contributed by atoms with E-state index >= 15 is 0 Å². The van der Waals surface area contributed by atoms with Crippen LogP contribution in [0.2, 0.25) is 0 Å². The van der Waals surface area contributed by atoms with Gasteiger partial charge >= 0.3 is 5.69 Å². The van der Waals surface area contributed by atoms with E-state index in [4.69, 9.17) is 4.98 Å². The summed E-state index contributed by atoms with van der Waals surface area (Å²) in [6.45, 7) is 5.71. The van der Waals surface area contributed by atoms with Gasteiger partial charge in [-0.15, -0.1) is 0 Å². The second kappa shape index (κ2) is 7.34. The van der Waals surface area contributed by atoms with Crippen LogP contribution in [0.15, 0.2) is 40.0 Å². The number of halogens is 1. The maximum Gasteiger partial charge on any atom is 0.329 e. The minimum atomic E-state index is 0.0512. The second-order valence-corrected chi connectivity index (χ2v) is 9.62. The summed E-state index contributed by atoms with van der Waals surface area (Å²) in [4.78, 5) is 22.9. The number of hydrogen-bond donors (Lipinski definition) is 0. The molecule has 1 aliphatic rings. The van der Waals surface area contributed by atoms with E-state index in [9.17, 15) is 4.79 Å². The number of aromatic nitrogens is 6. The van der Waals surface area contributed by atoms with Crippen molar-refractivity contribution >= 4 is 38.1 Å². The first-order chi connectivity index (χ1) is 14.4. The lowest BCUT2D eigenvalue weighted by Crippen LogP contribution is -2.27. The Bertz CT molecular complexity index is 1310. The number of imidazole rings is 2. The van der Waals surface area contributed by atoms with Crippen molar-refractivity contribution in [3.05, 3.63) is 51.5 Å². The van der Waals surface area contributed by atoms with Gasteiger partial charge in [-0.3, -0.25) is 9.13 Å². The molecule has 1 fully saturated rings. The van der Waals surface area contributed by atoms with Crippen LogP contribution in [0, 0.1) is 5.92 Å². The highest BCUT2D eigenvalue weighted by molar-refractivity contribution is 9.10. The highest BCUT2D eigenvalue weighted by Crippen LogP contribution is 2.36. The molecule has 4 heterocycles. The molecule has 156 valence electrons. The highest BCUT2D eigenvalue weighted by Gasteiger charge is 2.30. The Morgan fingerprint density at radius 2 is 2.07 bits per heavy atom. The van der Waals surface area contributed by atoms with Crippen molar-refractivity contribution in [1.82, 2.24) is 23.7 Å². The zero-order valence-corrected chi connectivity index (χ0v) is 19.1. The fourth-order valence-electron chi connectivity index (χ4n) is 4.08. The lowest BCUT2D eigenvalue weighted by atomic mass is 10.1. The van der Waals surface area contributed by atoms with Crippen LogP contribution in [0.1, 0.15) is 45.0 Å². The monoisotopic (exact) mass is 469 g/mol. The van der Waals surface area contributed by atoms with Gasteiger partial charge in [0.25, 0.3) is 0 Å². The van der Waals surface area contributed by atoms with Crippen molar-refractivity contribution < 1.29 is 4.57 Å². The molecule has 0 radical (unpaired) electrons. The molecule has 0 aliphatic heterocycles. The topological polar surface area (TPSA) is 61.5 Å². The van der Waals surface area contributed by atoms with E-state index in [0.717, 1.165) is 58.3 Å². The van der Waals surface area contributed by atoms with Gasteiger partial charge in [0.1, 0.15) is 23.9 Å². The van der Waals surface area contributed by atoms with Crippen LogP contribution in [-0.4, -0.2) is 23.7 Å². The van der Waals surface area contributed by atoms with Gasteiger partial charge in [-0.05, 0) is 47.2 Å². The van der Waals surface area contributed by atoms with Gasteiger partial charge < -0.3 is 4.57 Å². The minimum absolute atomic E-state index is 0.0512. The third kappa shape index (κ3) is 3.37. The van der Waals surface area contributed by atoms with Crippen molar-refractivity contribution in [3.8, 4) is 0 Å². The molecule has 0 unspecified atom stereocenters. The van der Waals surface area contributed by atoms with Crippen molar-refractivity contribution in [2.45, 2.75) is 52.2 Å². The third-order valence-electron chi connectivity index (χ3n) is 5.82. The number of nitrogens with zero attached hydrogens (tertiary/aromatic N) is 6. The van der Waals surface area contributed by atoms with Crippen LogP contribution in [0.25, 0.3) is 22.2 Å². The van der Waals surface area contributed by atoms with Crippen molar-refractivity contribution in [1.29, 1.82) is 0 Å². The Kier molecular flexibility index (Phi) is 4.76. The van der Waals surface area contributed by atoms with E-state index in [-0.39, 0.29) is 5.69 Å². The number of fused-ring (bicyclic) bond motifs is 2. The molecular weight excluding hydrogens is 444 g/mol. The summed E-state index contributed by atoms with van der Waals surface area (Å²) in [7, 11) is 1.99. The summed E-state index contributed by atoms with van der Waals surface area (Å²) in [6, 6.07) is 4.37. The molecule has 0 aromatic carbocycles. The van der Waals surface area contributed by atoms with Crippen LogP contribution < -0.4 is 10.3 Å². The van der Waals surface area contributed by atoms with E-state index in [2.05, 4.69) is 39.3 Å². The number of aryl methyl sites for hydroxylation is 2. The molecule has 0 atom stereocenters. The Morgan fingerprint density at radius 1 is 1.27 bits per heavy atom. The van der Waals surface area contributed by atoms with Gasteiger partial charge in [-0.1, -0.05) is 13.8 Å². The average molecular weight is 470 g/mol. The predicted octanol–water partition coefficient (Wildman–Crippen LogP) is 3.56. The standard InChI is InChI=1S/C22H26BrN6O/c1-14(2)6-9-27-20(25-17-10-15(23)11-24-21(17)27)13-28-19-12-26(3)8-7-18(19)29(22(28)30)16-4-5-16/h7-8,10-12,14,16H,4-6,9,13H2,1-3H3/q+1. The lowest BCUT2D eigenvalue weighted by molar-refractivity contribution is -0.670. The van der Waals surface area contributed by atoms with Crippen molar-refractivity contribution in [2.75, 3.05) is 0 Å². The molecule has 0 N–H and O–H groups in total. The zero-order valence-electron chi connectivity index (χ0n) is 17.5. The molecule has 1 saturated carbocycles. The average Bonchev–Trinajstić information content (AvgIpc) is 3.42. The molecule has 0 saturated heterocycles. The summed E-state index contributed by atoms with van der Waals surface area (Å²) in [5.41, 5.74) is 3.74. The van der Waals surface area contributed by atoms with Gasteiger partial charge in [0.15, 0.2) is 18.0 Å². The Balaban J connectivity index is 1.66. The SMILES string of the molecule is CC(C)CCn1c(Cn2c(=O)n(C3CC3)c3cc[n+](C)cc32)nc2cc(Br)cnc21. The second-order valence-electron chi connectivity index (χ2n) is 8.71. The van der Waals surface area contributed by atoms with Gasteiger partial charge in [-0.25, -0.2) is 19.3 Å². The van der Waals surface area contributed by atoms with Crippen LogP contribution in [0.4, 0.5) is 0 Å². The zero-order chi connectivity index (χ0) is 21.0. The summed E-state index contributed by atoms with van der Waals surface area (Å²) in [5.74, 6) is 1.45. The normalized spacial score (nSPS) is 14.4. The van der Waals surface area contributed by atoms with E-state index < -0.39 is 0 Å². The molecule has 4 aromatic rings. The maximum atomic E-state index is 13.4. The van der Waals surface area contributed by atoms with E-state index in [1.807, 2.05) is 51.5 Å². The van der Waals surface area contributed by atoms with Gasteiger partial charge in [0, 0.05) is 29.3 Å². The Labute approximate surface area is 183 Å². The largest absolute Gasteiger partial charge is 0.329 e. The first-order valence-corrected chi connectivity index (χ1v) is 11.3. The fourth-order valence-corrected chi connectivity index (χ4v) is 4.40. The molecule has 0 spiro atoms. The lowest BCUT2D eigenvalue weighted by Gasteiger charge is -2.11. The number of hydrogen-bond acceptors (Lipinski definition) is 3. The summed E-state index contributed by atoms with van der Waals surface area (Å²) >= 11 is 3.50. The van der Waals surface area contributed by atoms with E-state index in [1.54, 1.807) is 0 Å². The number of pyridine rings is 2. The quantitative estimate of drug-likeness (QED) is 0.405. The first-order valence-electron chi connectivity index (χ1n) is 10.5. The van der Waals surface area contributed by atoms with Crippen molar-refractivity contribution in [3.63, 3.8) is 0 Å². The molecule has 4 aromatic heterocycles. The summed E-state index contributed by atoms with van der Waals surface area (Å²) in [5, 5.41) is 0. The maximum absolute atomic E-state index is 13.4. The summed E-state index contributed by atoms with van der Waals surface area (Å²) < 4.78 is 8.92. The third-order valence-corrected chi connectivity index (χ3v) is 6.25. The molecule has 5 rings (SSSR count). The van der Waals surface area contributed by atoms with Gasteiger partial charge in [0.2, 0.25) is 0 Å². The van der Waals surface area contributed by atoms with E-state index in [1.165, 1.54) is 0 Å².